The maximum Gasteiger partial charge on any atom is 0.306 e. The van der Waals surface area contributed by atoms with Crippen molar-refractivity contribution in [3.05, 3.63) is 48.6 Å². The van der Waals surface area contributed by atoms with Crippen molar-refractivity contribution in [3.8, 4) is 0 Å². The van der Waals surface area contributed by atoms with Gasteiger partial charge in [0, 0.05) is 19.3 Å². The van der Waals surface area contributed by atoms with Crippen molar-refractivity contribution < 1.29 is 28.6 Å². The molecule has 0 N–H and O–H groups in total. The number of carbonyl (C=O) groups excluding carboxylic acids is 3. The van der Waals surface area contributed by atoms with Crippen LogP contribution in [0.5, 0.6) is 0 Å². The second-order valence-corrected chi connectivity index (χ2v) is 15.7. The van der Waals surface area contributed by atoms with Crippen LogP contribution in [0.1, 0.15) is 233 Å². The summed E-state index contributed by atoms with van der Waals surface area (Å²) in [5, 5.41) is 0. The molecular weight excluding hydrogens is 697 g/mol. The van der Waals surface area contributed by atoms with E-state index in [4.69, 9.17) is 14.2 Å². The Morgan fingerprint density at radius 2 is 0.661 bits per heavy atom. The maximum absolute atomic E-state index is 12.7. The average molecular weight is 785 g/mol. The summed E-state index contributed by atoms with van der Waals surface area (Å²) in [7, 11) is 0. The fourth-order valence-electron chi connectivity index (χ4n) is 6.39. The van der Waals surface area contributed by atoms with Crippen LogP contribution in [0.3, 0.4) is 0 Å². The Balaban J connectivity index is 4.42. The Kier molecular flexibility index (Phi) is 43.0. The van der Waals surface area contributed by atoms with Crippen LogP contribution in [0.15, 0.2) is 48.6 Å². The van der Waals surface area contributed by atoms with E-state index in [9.17, 15) is 14.4 Å². The predicted octanol–water partition coefficient (Wildman–Crippen LogP) is 15.1. The topological polar surface area (TPSA) is 78.9 Å². The predicted molar refractivity (Wildman–Crippen MR) is 238 cm³/mol. The molecule has 0 aromatic rings. The molecule has 0 aromatic heterocycles. The van der Waals surface area contributed by atoms with Crippen LogP contribution in [0.2, 0.25) is 0 Å². The van der Waals surface area contributed by atoms with E-state index in [1.165, 1.54) is 96.3 Å². The molecule has 6 heteroatoms. The van der Waals surface area contributed by atoms with Crippen LogP contribution in [0, 0.1) is 0 Å². The second-order valence-electron chi connectivity index (χ2n) is 15.7. The third kappa shape index (κ3) is 42.5. The van der Waals surface area contributed by atoms with Crippen molar-refractivity contribution in [1.29, 1.82) is 0 Å². The average Bonchev–Trinajstić information content (AvgIpc) is 3.19. The maximum atomic E-state index is 12.7. The first-order valence-corrected chi connectivity index (χ1v) is 23.6. The number of hydrogen-bond acceptors (Lipinski definition) is 6. The highest BCUT2D eigenvalue weighted by atomic mass is 16.6. The van der Waals surface area contributed by atoms with Gasteiger partial charge in [0.1, 0.15) is 13.2 Å². The summed E-state index contributed by atoms with van der Waals surface area (Å²) in [6, 6.07) is 0. The lowest BCUT2D eigenvalue weighted by Gasteiger charge is -2.18. The van der Waals surface area contributed by atoms with Crippen LogP contribution < -0.4 is 0 Å². The van der Waals surface area contributed by atoms with Crippen molar-refractivity contribution in [2.75, 3.05) is 13.2 Å². The minimum absolute atomic E-state index is 0.0853. The molecule has 1 unspecified atom stereocenters. The van der Waals surface area contributed by atoms with Crippen LogP contribution in [-0.4, -0.2) is 37.2 Å². The quantitative estimate of drug-likeness (QED) is 0.0265. The summed E-state index contributed by atoms with van der Waals surface area (Å²) in [6.45, 7) is 6.51. The summed E-state index contributed by atoms with van der Waals surface area (Å²) in [6.07, 6.45) is 52.3. The first-order valence-electron chi connectivity index (χ1n) is 23.6. The molecule has 0 aliphatic rings. The van der Waals surface area contributed by atoms with Crippen molar-refractivity contribution >= 4 is 17.9 Å². The summed E-state index contributed by atoms with van der Waals surface area (Å²) in [5.74, 6) is -0.917. The van der Waals surface area contributed by atoms with E-state index in [2.05, 4.69) is 69.4 Å². The smallest absolute Gasteiger partial charge is 0.306 e. The monoisotopic (exact) mass is 785 g/mol. The lowest BCUT2D eigenvalue weighted by atomic mass is 10.1. The molecular formula is C50H88O6. The first-order chi connectivity index (χ1) is 27.5. The highest BCUT2D eigenvalue weighted by Gasteiger charge is 2.19. The van der Waals surface area contributed by atoms with Gasteiger partial charge in [-0.25, -0.2) is 0 Å². The number of carbonyl (C=O) groups is 3. The molecule has 56 heavy (non-hydrogen) atoms. The molecule has 0 radical (unpaired) electrons. The molecule has 0 aromatic carbocycles. The van der Waals surface area contributed by atoms with E-state index in [1.54, 1.807) is 0 Å². The summed E-state index contributed by atoms with van der Waals surface area (Å²) >= 11 is 0. The van der Waals surface area contributed by atoms with Gasteiger partial charge in [0.25, 0.3) is 0 Å². The minimum atomic E-state index is -0.783. The highest BCUT2D eigenvalue weighted by Crippen LogP contribution is 2.13. The molecule has 0 bridgehead atoms. The zero-order chi connectivity index (χ0) is 40.8. The SMILES string of the molecule is CCCC/C=C\C/C=C\CCCCCCCC(=O)OCC(COC(=O)CCCCCCC/C=C\CCCCC)OC(=O)CCCCCCC/C=C\CCCCC. The third-order valence-electron chi connectivity index (χ3n) is 10.0. The normalized spacial score (nSPS) is 12.4. The van der Waals surface area contributed by atoms with Crippen LogP contribution in [0.25, 0.3) is 0 Å². The Morgan fingerprint density at radius 1 is 0.357 bits per heavy atom. The van der Waals surface area contributed by atoms with Gasteiger partial charge in [-0.2, -0.15) is 0 Å². The van der Waals surface area contributed by atoms with Gasteiger partial charge in [-0.05, 0) is 96.3 Å². The molecule has 0 heterocycles. The Morgan fingerprint density at radius 3 is 1.05 bits per heavy atom. The highest BCUT2D eigenvalue weighted by molar-refractivity contribution is 5.71. The first kappa shape index (κ1) is 53.4. The molecule has 0 aliphatic carbocycles. The third-order valence-corrected chi connectivity index (χ3v) is 10.0. The zero-order valence-corrected chi connectivity index (χ0v) is 36.9. The van der Waals surface area contributed by atoms with Crippen LogP contribution >= 0.6 is 0 Å². The molecule has 0 aliphatic heterocycles. The van der Waals surface area contributed by atoms with Gasteiger partial charge in [0.2, 0.25) is 0 Å². The van der Waals surface area contributed by atoms with Gasteiger partial charge >= 0.3 is 17.9 Å². The second kappa shape index (κ2) is 45.1. The number of esters is 3. The van der Waals surface area contributed by atoms with Crippen molar-refractivity contribution in [1.82, 2.24) is 0 Å². The molecule has 324 valence electrons. The molecule has 0 fully saturated rings. The van der Waals surface area contributed by atoms with Crippen molar-refractivity contribution in [2.24, 2.45) is 0 Å². The number of hydrogen-bond donors (Lipinski definition) is 0. The standard InChI is InChI=1S/C50H88O6/c1-4-7-10-13-16-19-22-25-26-29-31-34-37-40-43-49(52)55-46-47(56-50(53)44-41-38-35-32-28-24-21-18-15-12-9-6-3)45-54-48(51)42-39-36-33-30-27-23-20-17-14-11-8-5-2/h13,16-18,20-22,25,47H,4-12,14-15,19,23-24,26-46H2,1-3H3/b16-13-,20-17-,21-18-,25-22-. The van der Waals surface area contributed by atoms with E-state index in [0.717, 1.165) is 96.3 Å². The van der Waals surface area contributed by atoms with Crippen molar-refractivity contribution in [3.63, 3.8) is 0 Å². The van der Waals surface area contributed by atoms with Gasteiger partial charge < -0.3 is 14.2 Å². The molecule has 0 spiro atoms. The number of allylic oxidation sites excluding steroid dienone is 8. The lowest BCUT2D eigenvalue weighted by Crippen LogP contribution is -2.30. The van der Waals surface area contributed by atoms with Crippen LogP contribution in [-0.2, 0) is 28.6 Å². The van der Waals surface area contributed by atoms with E-state index in [0.29, 0.717) is 19.3 Å². The molecule has 0 saturated carbocycles. The summed E-state index contributed by atoms with van der Waals surface area (Å²) in [4.78, 5) is 37.8. The summed E-state index contributed by atoms with van der Waals surface area (Å²) in [5.41, 5.74) is 0. The number of unbranched alkanes of at least 4 members (excludes halogenated alkanes) is 23. The minimum Gasteiger partial charge on any atom is -0.462 e. The van der Waals surface area contributed by atoms with Gasteiger partial charge in [-0.1, -0.05) is 166 Å². The molecule has 0 amide bonds. The largest absolute Gasteiger partial charge is 0.462 e. The van der Waals surface area contributed by atoms with E-state index < -0.39 is 6.10 Å². The van der Waals surface area contributed by atoms with Gasteiger partial charge in [0.15, 0.2) is 6.10 Å². The van der Waals surface area contributed by atoms with Crippen LogP contribution in [0.4, 0.5) is 0 Å². The molecule has 6 nitrogen and oxygen atoms in total. The number of ether oxygens (including phenoxy) is 3. The lowest BCUT2D eigenvalue weighted by molar-refractivity contribution is -0.167. The Bertz CT molecular complexity index is 996. The molecule has 1 atom stereocenters. The Labute approximate surface area is 346 Å². The fourth-order valence-corrected chi connectivity index (χ4v) is 6.39. The van der Waals surface area contributed by atoms with E-state index in [1.807, 2.05) is 0 Å². The zero-order valence-electron chi connectivity index (χ0n) is 36.9. The van der Waals surface area contributed by atoms with E-state index in [-0.39, 0.29) is 31.1 Å². The van der Waals surface area contributed by atoms with E-state index >= 15 is 0 Å². The van der Waals surface area contributed by atoms with Gasteiger partial charge in [-0.15, -0.1) is 0 Å². The number of rotatable bonds is 42. The van der Waals surface area contributed by atoms with Gasteiger partial charge in [0.05, 0.1) is 0 Å². The van der Waals surface area contributed by atoms with Gasteiger partial charge in [-0.3, -0.25) is 14.4 Å². The Hall–Kier alpha value is -2.63. The van der Waals surface area contributed by atoms with Crippen molar-refractivity contribution in [2.45, 2.75) is 239 Å². The molecule has 0 rings (SSSR count). The molecule has 0 saturated heterocycles. The summed E-state index contributed by atoms with van der Waals surface area (Å²) < 4.78 is 16.7. The fraction of sp³-hybridized carbons (Fsp3) is 0.780.